The molecule has 35 heavy (non-hydrogen) atoms. The normalized spacial score (nSPS) is 18.0. The predicted octanol–water partition coefficient (Wildman–Crippen LogP) is 7.00. The van der Waals surface area contributed by atoms with Crippen molar-refractivity contribution >= 4 is 22.6 Å². The number of hydrogen-bond donors (Lipinski definition) is 0. The number of rotatable bonds is 7. The lowest BCUT2D eigenvalue weighted by atomic mass is 9.81. The number of aryl methyl sites for hydroxylation is 1. The van der Waals surface area contributed by atoms with Crippen molar-refractivity contribution in [2.45, 2.75) is 58.4 Å². The Morgan fingerprint density at radius 3 is 2.51 bits per heavy atom. The van der Waals surface area contributed by atoms with Crippen LogP contribution in [0.1, 0.15) is 77.8 Å². The number of carbonyl (C=O) groups excluding carboxylic acids is 2. The molecule has 0 aliphatic heterocycles. The van der Waals surface area contributed by atoms with Crippen molar-refractivity contribution in [1.29, 1.82) is 0 Å². The van der Waals surface area contributed by atoms with Gasteiger partial charge in [-0.15, -0.1) is 0 Å². The van der Waals surface area contributed by atoms with Crippen molar-refractivity contribution in [2.24, 2.45) is 5.92 Å². The van der Waals surface area contributed by atoms with Crippen LogP contribution in [-0.2, 0) is 0 Å². The molecule has 1 saturated carbocycles. The van der Waals surface area contributed by atoms with Gasteiger partial charge >= 0.3 is 0 Å². The van der Waals surface area contributed by atoms with E-state index in [-0.39, 0.29) is 17.6 Å². The lowest BCUT2D eigenvalue weighted by Gasteiger charge is -2.31. The Bertz CT molecular complexity index is 1360. The molecule has 0 spiro atoms. The van der Waals surface area contributed by atoms with E-state index in [2.05, 4.69) is 9.55 Å². The van der Waals surface area contributed by atoms with E-state index in [9.17, 15) is 9.59 Å². The second-order valence-corrected chi connectivity index (χ2v) is 9.68. The Hall–Kier alpha value is -3.60. The van der Waals surface area contributed by atoms with Gasteiger partial charge in [-0.2, -0.15) is 0 Å². The molecule has 1 aliphatic rings. The van der Waals surface area contributed by atoms with Crippen molar-refractivity contribution in [3.05, 3.63) is 83.6 Å². The molecule has 1 fully saturated rings. The SMILES string of the molecule is CCC(=O)c1ccc2c(c1)nc(-c1ccccn1)n2[C@@H]1CCC[C@H](CC(=O)c2ccc(C)cc2)C1. The Labute approximate surface area is 206 Å². The summed E-state index contributed by atoms with van der Waals surface area (Å²) in [7, 11) is 0. The van der Waals surface area contributed by atoms with Crippen molar-refractivity contribution in [2.75, 3.05) is 0 Å². The minimum absolute atomic E-state index is 0.119. The first-order valence-electron chi connectivity index (χ1n) is 12.6. The summed E-state index contributed by atoms with van der Waals surface area (Å²) in [6, 6.07) is 19.8. The number of imidazole rings is 1. The number of pyridine rings is 1. The first kappa shape index (κ1) is 23.2. The molecular formula is C30H31N3O2. The number of ketones is 2. The monoisotopic (exact) mass is 465 g/mol. The number of fused-ring (bicyclic) bond motifs is 1. The van der Waals surface area contributed by atoms with Gasteiger partial charge in [-0.1, -0.05) is 49.2 Å². The van der Waals surface area contributed by atoms with Crippen LogP contribution < -0.4 is 0 Å². The average Bonchev–Trinajstić information content (AvgIpc) is 3.28. The molecule has 5 rings (SSSR count). The number of hydrogen-bond acceptors (Lipinski definition) is 4. The third-order valence-corrected chi connectivity index (χ3v) is 7.19. The van der Waals surface area contributed by atoms with E-state index in [1.54, 1.807) is 6.20 Å². The lowest BCUT2D eigenvalue weighted by molar-refractivity contribution is 0.0940. The van der Waals surface area contributed by atoms with Crippen LogP contribution >= 0.6 is 0 Å². The molecule has 0 unspecified atom stereocenters. The molecule has 1 aliphatic carbocycles. The topological polar surface area (TPSA) is 64.8 Å². The highest BCUT2D eigenvalue weighted by Crippen LogP contribution is 2.39. The largest absolute Gasteiger partial charge is 0.320 e. The molecule has 0 bridgehead atoms. The molecule has 0 N–H and O–H groups in total. The van der Waals surface area contributed by atoms with Gasteiger partial charge in [-0.25, -0.2) is 4.98 Å². The van der Waals surface area contributed by atoms with E-state index in [0.29, 0.717) is 24.3 Å². The molecule has 2 atom stereocenters. The van der Waals surface area contributed by atoms with Crippen molar-refractivity contribution in [1.82, 2.24) is 14.5 Å². The fraction of sp³-hybridized carbons (Fsp3) is 0.333. The molecule has 0 amide bonds. The lowest BCUT2D eigenvalue weighted by Crippen LogP contribution is -2.22. The zero-order valence-electron chi connectivity index (χ0n) is 20.4. The van der Waals surface area contributed by atoms with E-state index in [4.69, 9.17) is 4.98 Å². The number of aromatic nitrogens is 3. The molecule has 5 heteroatoms. The molecule has 0 saturated heterocycles. The molecular weight excluding hydrogens is 434 g/mol. The van der Waals surface area contributed by atoms with E-state index in [1.165, 1.54) is 0 Å². The number of benzene rings is 2. The van der Waals surface area contributed by atoms with Gasteiger partial charge in [0.25, 0.3) is 0 Å². The second-order valence-electron chi connectivity index (χ2n) is 9.68. The molecule has 2 aromatic carbocycles. The number of nitrogens with zero attached hydrogens (tertiary/aromatic N) is 3. The maximum absolute atomic E-state index is 13.0. The van der Waals surface area contributed by atoms with Crippen LogP contribution in [0.15, 0.2) is 66.9 Å². The van der Waals surface area contributed by atoms with Crippen LogP contribution in [0, 0.1) is 12.8 Å². The van der Waals surface area contributed by atoms with Gasteiger partial charge in [0.2, 0.25) is 0 Å². The van der Waals surface area contributed by atoms with Gasteiger partial charge in [0.15, 0.2) is 17.4 Å². The summed E-state index contributed by atoms with van der Waals surface area (Å²) >= 11 is 0. The molecule has 2 heterocycles. The predicted molar refractivity (Wildman–Crippen MR) is 139 cm³/mol. The first-order chi connectivity index (χ1) is 17.0. The highest BCUT2D eigenvalue weighted by atomic mass is 16.1. The Morgan fingerprint density at radius 2 is 1.77 bits per heavy atom. The fourth-order valence-electron chi connectivity index (χ4n) is 5.32. The Morgan fingerprint density at radius 1 is 0.971 bits per heavy atom. The summed E-state index contributed by atoms with van der Waals surface area (Å²) in [6.07, 6.45) is 6.93. The molecule has 4 aromatic rings. The van der Waals surface area contributed by atoms with Gasteiger partial charge < -0.3 is 4.57 Å². The standard InChI is InChI=1S/C30H31N3O2/c1-3-28(34)23-14-15-27-26(19-23)32-30(25-9-4-5-16-31-25)33(27)24-8-6-7-21(17-24)18-29(35)22-12-10-20(2)11-13-22/h4-5,9-16,19,21,24H,3,6-8,17-18H2,1-2H3/t21-,24+/m0/s1. The van der Waals surface area contributed by atoms with Gasteiger partial charge in [0, 0.05) is 36.2 Å². The van der Waals surface area contributed by atoms with Crippen molar-refractivity contribution in [3.8, 4) is 11.5 Å². The number of Topliss-reactive ketones (excluding diaryl/α,β-unsaturated/α-hetero) is 2. The average molecular weight is 466 g/mol. The summed E-state index contributed by atoms with van der Waals surface area (Å²) in [5.74, 6) is 1.50. The van der Waals surface area contributed by atoms with Crippen LogP contribution in [0.4, 0.5) is 0 Å². The fourth-order valence-corrected chi connectivity index (χ4v) is 5.32. The van der Waals surface area contributed by atoms with Crippen molar-refractivity contribution < 1.29 is 9.59 Å². The minimum Gasteiger partial charge on any atom is -0.320 e. The van der Waals surface area contributed by atoms with E-state index >= 15 is 0 Å². The highest BCUT2D eigenvalue weighted by Gasteiger charge is 2.29. The quantitative estimate of drug-likeness (QED) is 0.276. The van der Waals surface area contributed by atoms with Crippen LogP contribution in [0.2, 0.25) is 0 Å². The summed E-state index contributed by atoms with van der Waals surface area (Å²) in [5.41, 5.74) is 5.33. The summed E-state index contributed by atoms with van der Waals surface area (Å²) in [4.78, 5) is 34.9. The number of carbonyl (C=O) groups is 2. The van der Waals surface area contributed by atoms with Gasteiger partial charge in [0.1, 0.15) is 5.69 Å². The Balaban J connectivity index is 1.48. The van der Waals surface area contributed by atoms with Crippen LogP contribution in [0.5, 0.6) is 0 Å². The second kappa shape index (κ2) is 9.95. The molecule has 2 aromatic heterocycles. The van der Waals surface area contributed by atoms with Crippen LogP contribution in [-0.4, -0.2) is 26.1 Å². The van der Waals surface area contributed by atoms with Crippen molar-refractivity contribution in [3.63, 3.8) is 0 Å². The van der Waals surface area contributed by atoms with E-state index in [0.717, 1.165) is 59.4 Å². The molecule has 0 radical (unpaired) electrons. The van der Waals surface area contributed by atoms with E-state index in [1.807, 2.05) is 74.5 Å². The minimum atomic E-state index is 0.119. The third kappa shape index (κ3) is 4.81. The zero-order chi connectivity index (χ0) is 24.4. The molecule has 178 valence electrons. The van der Waals surface area contributed by atoms with E-state index < -0.39 is 0 Å². The van der Waals surface area contributed by atoms with Crippen LogP contribution in [0.25, 0.3) is 22.6 Å². The van der Waals surface area contributed by atoms with Gasteiger partial charge in [0.05, 0.1) is 11.0 Å². The summed E-state index contributed by atoms with van der Waals surface area (Å²) < 4.78 is 2.31. The van der Waals surface area contributed by atoms with Gasteiger partial charge in [-0.3, -0.25) is 14.6 Å². The highest BCUT2D eigenvalue weighted by molar-refractivity contribution is 5.99. The smallest absolute Gasteiger partial charge is 0.163 e. The third-order valence-electron chi connectivity index (χ3n) is 7.19. The Kier molecular flexibility index (Phi) is 6.58. The van der Waals surface area contributed by atoms with Crippen LogP contribution in [0.3, 0.4) is 0 Å². The maximum Gasteiger partial charge on any atom is 0.163 e. The zero-order valence-corrected chi connectivity index (χ0v) is 20.4. The summed E-state index contributed by atoms with van der Waals surface area (Å²) in [5, 5.41) is 0. The molecule has 5 nitrogen and oxygen atoms in total. The maximum atomic E-state index is 13.0. The first-order valence-corrected chi connectivity index (χ1v) is 12.6. The van der Waals surface area contributed by atoms with Gasteiger partial charge in [-0.05, 0) is 62.4 Å². The summed E-state index contributed by atoms with van der Waals surface area (Å²) in [6.45, 7) is 3.92.